The smallest absolute Gasteiger partial charge is 0.236 e. The van der Waals surface area contributed by atoms with Crippen LogP contribution in [0.3, 0.4) is 0 Å². The van der Waals surface area contributed by atoms with Gasteiger partial charge in [-0.25, -0.2) is 8.42 Å². The molecule has 1 aliphatic rings. The number of piperazine rings is 1. The Balaban J connectivity index is 2.28. The molecule has 0 aromatic rings. The summed E-state index contributed by atoms with van der Waals surface area (Å²) in [6, 6.07) is -0.198. The van der Waals surface area contributed by atoms with Crippen LogP contribution >= 0.6 is 0 Å². The summed E-state index contributed by atoms with van der Waals surface area (Å²) in [6.45, 7) is 5.27. The summed E-state index contributed by atoms with van der Waals surface area (Å²) < 4.78 is 22.2. The molecule has 0 aliphatic carbocycles. The third-order valence-corrected chi connectivity index (χ3v) is 4.12. The highest BCUT2D eigenvalue weighted by atomic mass is 32.2. The van der Waals surface area contributed by atoms with Gasteiger partial charge in [0.2, 0.25) is 5.91 Å². The number of sulfone groups is 1. The second-order valence-corrected chi connectivity index (χ2v) is 7.24. The number of hydrogen-bond donors (Lipinski definition) is 1. The Morgan fingerprint density at radius 3 is 2.33 bits per heavy atom. The SMILES string of the molecule is CC(CS(C)(=O)=O)NCC(=O)N1CCN(C)CC1. The van der Waals surface area contributed by atoms with Crippen LogP contribution in [0.1, 0.15) is 6.92 Å². The van der Waals surface area contributed by atoms with Crippen LogP contribution in [0.5, 0.6) is 0 Å². The molecule has 1 N–H and O–H groups in total. The Kier molecular flexibility index (Phi) is 5.55. The summed E-state index contributed by atoms with van der Waals surface area (Å²) in [5, 5.41) is 2.96. The van der Waals surface area contributed by atoms with Crippen molar-refractivity contribution in [1.29, 1.82) is 0 Å². The Bertz CT molecular complexity index is 375. The predicted molar refractivity (Wildman–Crippen MR) is 71.3 cm³/mol. The van der Waals surface area contributed by atoms with Crippen LogP contribution in [-0.2, 0) is 14.6 Å². The summed E-state index contributed by atoms with van der Waals surface area (Å²) in [5.41, 5.74) is 0. The molecule has 0 bridgehead atoms. The molecule has 1 aliphatic heterocycles. The summed E-state index contributed by atoms with van der Waals surface area (Å²) in [7, 11) is -0.962. The van der Waals surface area contributed by atoms with Crippen LogP contribution in [0.15, 0.2) is 0 Å². The van der Waals surface area contributed by atoms with E-state index >= 15 is 0 Å². The van der Waals surface area contributed by atoms with Gasteiger partial charge in [-0.05, 0) is 14.0 Å². The largest absolute Gasteiger partial charge is 0.339 e. The number of nitrogens with one attached hydrogen (secondary N) is 1. The van der Waals surface area contributed by atoms with Crippen LogP contribution in [0.2, 0.25) is 0 Å². The molecule has 1 saturated heterocycles. The number of hydrogen-bond acceptors (Lipinski definition) is 5. The molecule has 0 radical (unpaired) electrons. The Morgan fingerprint density at radius 2 is 1.83 bits per heavy atom. The molecule has 18 heavy (non-hydrogen) atoms. The van der Waals surface area contributed by atoms with E-state index in [4.69, 9.17) is 0 Å². The molecule has 106 valence electrons. The van der Waals surface area contributed by atoms with Gasteiger partial charge in [0.15, 0.2) is 0 Å². The average Bonchev–Trinajstić information content (AvgIpc) is 2.24. The van der Waals surface area contributed by atoms with Crippen molar-refractivity contribution in [2.24, 2.45) is 0 Å². The Morgan fingerprint density at radius 1 is 1.28 bits per heavy atom. The monoisotopic (exact) mass is 277 g/mol. The van der Waals surface area contributed by atoms with Crippen LogP contribution in [0.25, 0.3) is 0 Å². The van der Waals surface area contributed by atoms with Gasteiger partial charge in [-0.1, -0.05) is 0 Å². The van der Waals surface area contributed by atoms with Crippen molar-refractivity contribution in [3.05, 3.63) is 0 Å². The van der Waals surface area contributed by atoms with Gasteiger partial charge in [0.1, 0.15) is 9.84 Å². The van der Waals surface area contributed by atoms with E-state index in [1.807, 2.05) is 11.9 Å². The maximum atomic E-state index is 11.9. The molecule has 1 rings (SSSR count). The zero-order chi connectivity index (χ0) is 13.8. The van der Waals surface area contributed by atoms with E-state index in [9.17, 15) is 13.2 Å². The molecule has 0 aromatic carbocycles. The van der Waals surface area contributed by atoms with Gasteiger partial charge in [-0.2, -0.15) is 0 Å². The van der Waals surface area contributed by atoms with Gasteiger partial charge in [0.25, 0.3) is 0 Å². The third kappa shape index (κ3) is 5.79. The maximum absolute atomic E-state index is 11.9. The summed E-state index contributed by atoms with van der Waals surface area (Å²) in [6.07, 6.45) is 1.20. The lowest BCUT2D eigenvalue weighted by Gasteiger charge is -2.32. The first-order valence-corrected chi connectivity index (χ1v) is 8.21. The number of rotatable bonds is 5. The summed E-state index contributed by atoms with van der Waals surface area (Å²) in [4.78, 5) is 15.9. The molecule has 7 heteroatoms. The summed E-state index contributed by atoms with van der Waals surface area (Å²) >= 11 is 0. The zero-order valence-electron chi connectivity index (χ0n) is 11.3. The highest BCUT2D eigenvalue weighted by Gasteiger charge is 2.19. The molecule has 0 saturated carbocycles. The topological polar surface area (TPSA) is 69.7 Å². The van der Waals surface area contributed by atoms with E-state index < -0.39 is 9.84 Å². The van der Waals surface area contributed by atoms with E-state index in [-0.39, 0.29) is 24.2 Å². The fourth-order valence-corrected chi connectivity index (χ4v) is 2.97. The lowest BCUT2D eigenvalue weighted by molar-refractivity contribution is -0.131. The van der Waals surface area contributed by atoms with Crippen LogP contribution in [0, 0.1) is 0 Å². The Hall–Kier alpha value is -0.660. The summed E-state index contributed by atoms with van der Waals surface area (Å²) in [5.74, 6) is 0.103. The standard InChI is InChI=1S/C11H23N3O3S/c1-10(9-18(3,16)17)12-8-11(15)14-6-4-13(2)5-7-14/h10,12H,4-9H2,1-3H3. The second kappa shape index (κ2) is 6.49. The number of likely N-dealkylation sites (N-methyl/N-ethyl adjacent to an activating group) is 1. The van der Waals surface area contributed by atoms with Crippen molar-refractivity contribution in [2.45, 2.75) is 13.0 Å². The van der Waals surface area contributed by atoms with Gasteiger partial charge in [-0.3, -0.25) is 4.79 Å². The molecule has 1 unspecified atom stereocenters. The normalized spacial score (nSPS) is 19.8. The van der Waals surface area contributed by atoms with E-state index in [2.05, 4.69) is 10.2 Å². The fourth-order valence-electron chi connectivity index (χ4n) is 1.94. The zero-order valence-corrected chi connectivity index (χ0v) is 12.2. The first kappa shape index (κ1) is 15.4. The average molecular weight is 277 g/mol. The van der Waals surface area contributed by atoms with Gasteiger partial charge in [0, 0.05) is 38.5 Å². The van der Waals surface area contributed by atoms with Gasteiger partial charge < -0.3 is 15.1 Å². The van der Waals surface area contributed by atoms with E-state index in [0.717, 1.165) is 26.2 Å². The lowest BCUT2D eigenvalue weighted by atomic mass is 10.3. The number of carbonyl (C=O) groups excluding carboxylic acids is 1. The van der Waals surface area contributed by atoms with Crippen molar-refractivity contribution < 1.29 is 13.2 Å². The predicted octanol–water partition coefficient (Wildman–Crippen LogP) is -1.22. The maximum Gasteiger partial charge on any atom is 0.236 e. The fraction of sp³-hybridized carbons (Fsp3) is 0.909. The lowest BCUT2D eigenvalue weighted by Crippen LogP contribution is -2.50. The minimum atomic E-state index is -3.00. The molecule has 1 atom stereocenters. The van der Waals surface area contributed by atoms with E-state index in [1.54, 1.807) is 6.92 Å². The van der Waals surface area contributed by atoms with Crippen LogP contribution in [-0.4, -0.2) is 81.9 Å². The highest BCUT2D eigenvalue weighted by Crippen LogP contribution is 1.99. The van der Waals surface area contributed by atoms with E-state index in [0.29, 0.717) is 0 Å². The molecular weight excluding hydrogens is 254 g/mol. The van der Waals surface area contributed by atoms with Crippen LogP contribution in [0.4, 0.5) is 0 Å². The molecule has 0 aromatic heterocycles. The van der Waals surface area contributed by atoms with Crippen molar-refractivity contribution in [3.63, 3.8) is 0 Å². The Labute approximate surface area is 109 Å². The highest BCUT2D eigenvalue weighted by molar-refractivity contribution is 7.90. The molecule has 1 heterocycles. The van der Waals surface area contributed by atoms with E-state index in [1.165, 1.54) is 6.26 Å². The molecular formula is C11H23N3O3S. The van der Waals surface area contributed by atoms with Crippen molar-refractivity contribution >= 4 is 15.7 Å². The van der Waals surface area contributed by atoms with Crippen molar-refractivity contribution in [1.82, 2.24) is 15.1 Å². The molecule has 0 spiro atoms. The van der Waals surface area contributed by atoms with Gasteiger partial charge in [-0.15, -0.1) is 0 Å². The minimum absolute atomic E-state index is 0.0449. The molecule has 1 amide bonds. The molecule has 1 fully saturated rings. The number of amides is 1. The number of carbonyl (C=O) groups is 1. The first-order valence-electron chi connectivity index (χ1n) is 6.15. The molecule has 6 nitrogen and oxygen atoms in total. The number of nitrogens with zero attached hydrogens (tertiary/aromatic N) is 2. The second-order valence-electron chi connectivity index (χ2n) is 5.06. The quantitative estimate of drug-likeness (QED) is 0.682. The van der Waals surface area contributed by atoms with Gasteiger partial charge >= 0.3 is 0 Å². The van der Waals surface area contributed by atoms with Crippen LogP contribution < -0.4 is 5.32 Å². The first-order chi connectivity index (χ1) is 8.28. The minimum Gasteiger partial charge on any atom is -0.339 e. The third-order valence-electron chi connectivity index (χ3n) is 3.01. The van der Waals surface area contributed by atoms with Crippen molar-refractivity contribution in [2.75, 3.05) is 51.8 Å². The van der Waals surface area contributed by atoms with Gasteiger partial charge in [0.05, 0.1) is 12.3 Å². The van der Waals surface area contributed by atoms with Crippen molar-refractivity contribution in [3.8, 4) is 0 Å².